The van der Waals surface area contributed by atoms with Crippen molar-refractivity contribution in [1.82, 2.24) is 4.98 Å². The first-order chi connectivity index (χ1) is 13.0. The molecule has 3 rings (SSSR count). The second kappa shape index (κ2) is 7.41. The third kappa shape index (κ3) is 3.19. The van der Waals surface area contributed by atoms with Gasteiger partial charge < -0.3 is 9.47 Å². The fourth-order valence-electron chi connectivity index (χ4n) is 2.90. The molecule has 1 aromatic carbocycles. The maximum atomic E-state index is 13.1. The van der Waals surface area contributed by atoms with Crippen LogP contribution in [0.4, 0.5) is 5.82 Å². The Balaban J connectivity index is 2.28. The molecule has 2 heterocycles. The van der Waals surface area contributed by atoms with Gasteiger partial charge in [0, 0.05) is 18.1 Å². The summed E-state index contributed by atoms with van der Waals surface area (Å²) in [5.41, 5.74) is 1.37. The molecule has 1 aromatic heterocycles. The molecular formula is C20H18N2O5. The topological polar surface area (TPSA) is 85.8 Å². The summed E-state index contributed by atoms with van der Waals surface area (Å²) in [6.07, 6.45) is 0. The highest BCUT2D eigenvalue weighted by Gasteiger charge is 2.40. The Morgan fingerprint density at radius 1 is 1.11 bits per heavy atom. The van der Waals surface area contributed by atoms with Crippen LogP contribution in [0.1, 0.15) is 35.5 Å². The molecule has 0 spiro atoms. The number of carbonyl (C=O) groups is 3. The largest absolute Gasteiger partial charge is 0.492 e. The molecule has 0 bridgehead atoms. The minimum Gasteiger partial charge on any atom is -0.492 e. The molecule has 0 radical (unpaired) electrons. The second-order valence-electron chi connectivity index (χ2n) is 5.72. The van der Waals surface area contributed by atoms with Gasteiger partial charge in [-0.15, -0.1) is 0 Å². The Hall–Kier alpha value is -3.48. The molecule has 2 amide bonds. The van der Waals surface area contributed by atoms with E-state index in [1.807, 2.05) is 37.3 Å². The van der Waals surface area contributed by atoms with Crippen molar-refractivity contribution in [3.05, 3.63) is 59.3 Å². The number of imide groups is 1. The molecule has 0 fully saturated rings. The van der Waals surface area contributed by atoms with E-state index in [4.69, 9.17) is 4.74 Å². The second-order valence-corrected chi connectivity index (χ2v) is 5.72. The van der Waals surface area contributed by atoms with Crippen molar-refractivity contribution in [2.75, 3.05) is 18.6 Å². The number of hydrogen-bond donors (Lipinski definition) is 0. The van der Waals surface area contributed by atoms with E-state index in [1.54, 1.807) is 6.07 Å². The van der Waals surface area contributed by atoms with Crippen molar-refractivity contribution in [3.63, 3.8) is 0 Å². The molecule has 27 heavy (non-hydrogen) atoms. The van der Waals surface area contributed by atoms with Gasteiger partial charge in [0.15, 0.2) is 11.5 Å². The predicted octanol–water partition coefficient (Wildman–Crippen LogP) is 2.67. The highest BCUT2D eigenvalue weighted by molar-refractivity contribution is 6.42. The summed E-state index contributed by atoms with van der Waals surface area (Å²) < 4.78 is 10.4. The molecule has 1 aliphatic rings. The zero-order valence-electron chi connectivity index (χ0n) is 15.2. The first-order valence-electron chi connectivity index (χ1n) is 8.36. The highest BCUT2D eigenvalue weighted by Crippen LogP contribution is 2.40. The number of aromatic nitrogens is 1. The van der Waals surface area contributed by atoms with Crippen molar-refractivity contribution in [2.24, 2.45) is 0 Å². The summed E-state index contributed by atoms with van der Waals surface area (Å²) in [5.74, 6) is -1.24. The average Bonchev–Trinajstić information content (AvgIpc) is 2.97. The summed E-state index contributed by atoms with van der Waals surface area (Å²) >= 11 is 0. The summed E-state index contributed by atoms with van der Waals surface area (Å²) in [4.78, 5) is 42.1. The molecule has 0 saturated carbocycles. The molecule has 1 aliphatic heterocycles. The molecule has 138 valence electrons. The number of esters is 1. The lowest BCUT2D eigenvalue weighted by atomic mass is 10.0. The van der Waals surface area contributed by atoms with Crippen LogP contribution in [0.5, 0.6) is 0 Å². The van der Waals surface area contributed by atoms with E-state index < -0.39 is 17.8 Å². The molecule has 0 unspecified atom stereocenters. The molecule has 0 aliphatic carbocycles. The lowest BCUT2D eigenvalue weighted by molar-refractivity contribution is -0.122. The van der Waals surface area contributed by atoms with Gasteiger partial charge in [-0.2, -0.15) is 0 Å². The molecule has 7 nitrogen and oxygen atoms in total. The Morgan fingerprint density at radius 2 is 1.81 bits per heavy atom. The Labute approximate surface area is 156 Å². The van der Waals surface area contributed by atoms with Gasteiger partial charge in [-0.1, -0.05) is 30.3 Å². The molecule has 0 atom stereocenters. The molecule has 0 saturated heterocycles. The number of rotatable bonds is 4. The van der Waals surface area contributed by atoms with Gasteiger partial charge in [-0.25, -0.2) is 14.7 Å². The van der Waals surface area contributed by atoms with Crippen LogP contribution in [0.25, 0.3) is 11.3 Å². The summed E-state index contributed by atoms with van der Waals surface area (Å²) in [6, 6.07) is 12.2. The smallest absolute Gasteiger partial charge is 0.356 e. The number of methoxy groups -OCH3 is 1. The van der Waals surface area contributed by atoms with Gasteiger partial charge in [0.25, 0.3) is 5.91 Å². The van der Waals surface area contributed by atoms with Gasteiger partial charge in [0.05, 0.1) is 19.3 Å². The maximum Gasteiger partial charge on any atom is 0.356 e. The minimum absolute atomic E-state index is 0.00854. The molecule has 0 N–H and O–H groups in total. The van der Waals surface area contributed by atoms with Gasteiger partial charge >= 0.3 is 5.97 Å². The van der Waals surface area contributed by atoms with Crippen LogP contribution in [0.2, 0.25) is 0 Å². The van der Waals surface area contributed by atoms with E-state index in [0.717, 1.165) is 4.90 Å². The SMILES string of the molecule is CCOC(=C1C(=O)N(C(C)=O)c2nc(C(=O)OC)ccc21)c1ccccc1. The average molecular weight is 366 g/mol. The van der Waals surface area contributed by atoms with Crippen molar-refractivity contribution in [3.8, 4) is 0 Å². The maximum absolute atomic E-state index is 13.1. The zero-order chi connectivity index (χ0) is 19.6. The van der Waals surface area contributed by atoms with Crippen molar-refractivity contribution < 1.29 is 23.9 Å². The molecule has 7 heteroatoms. The number of anilines is 1. The van der Waals surface area contributed by atoms with Crippen LogP contribution in [0.3, 0.4) is 0 Å². The lowest BCUT2D eigenvalue weighted by Gasteiger charge is -2.13. The lowest BCUT2D eigenvalue weighted by Crippen LogP contribution is -2.32. The van der Waals surface area contributed by atoms with Gasteiger partial charge in [0.2, 0.25) is 5.91 Å². The number of hydrogen-bond acceptors (Lipinski definition) is 6. The predicted molar refractivity (Wildman–Crippen MR) is 98.6 cm³/mol. The van der Waals surface area contributed by atoms with Gasteiger partial charge in [-0.3, -0.25) is 9.59 Å². The van der Waals surface area contributed by atoms with Crippen molar-refractivity contribution in [1.29, 1.82) is 0 Å². The monoisotopic (exact) mass is 366 g/mol. The van der Waals surface area contributed by atoms with Crippen LogP contribution >= 0.6 is 0 Å². The number of ether oxygens (including phenoxy) is 2. The van der Waals surface area contributed by atoms with E-state index in [2.05, 4.69) is 9.72 Å². The summed E-state index contributed by atoms with van der Waals surface area (Å²) in [6.45, 7) is 3.41. The third-order valence-corrected chi connectivity index (χ3v) is 4.03. The van der Waals surface area contributed by atoms with E-state index in [9.17, 15) is 14.4 Å². The van der Waals surface area contributed by atoms with Crippen molar-refractivity contribution in [2.45, 2.75) is 13.8 Å². The fourth-order valence-corrected chi connectivity index (χ4v) is 2.90. The van der Waals surface area contributed by atoms with E-state index in [-0.39, 0.29) is 17.1 Å². The molecule has 2 aromatic rings. The Morgan fingerprint density at radius 3 is 2.41 bits per heavy atom. The normalized spacial score (nSPS) is 14.6. The van der Waals surface area contributed by atoms with Crippen LogP contribution in [0.15, 0.2) is 42.5 Å². The van der Waals surface area contributed by atoms with Gasteiger partial charge in [0.1, 0.15) is 5.76 Å². The van der Waals surface area contributed by atoms with E-state index in [1.165, 1.54) is 20.1 Å². The van der Waals surface area contributed by atoms with Crippen LogP contribution in [-0.2, 0) is 19.1 Å². The van der Waals surface area contributed by atoms with Crippen LogP contribution < -0.4 is 4.90 Å². The fraction of sp³-hybridized carbons (Fsp3) is 0.200. The number of pyridine rings is 1. The quantitative estimate of drug-likeness (QED) is 0.470. The summed E-state index contributed by atoms with van der Waals surface area (Å²) in [5, 5.41) is 0. The first kappa shape index (κ1) is 18.3. The van der Waals surface area contributed by atoms with E-state index >= 15 is 0 Å². The van der Waals surface area contributed by atoms with Crippen molar-refractivity contribution >= 4 is 34.9 Å². The summed E-state index contributed by atoms with van der Waals surface area (Å²) in [7, 11) is 1.24. The standard InChI is InChI=1S/C20H18N2O5/c1-4-27-17(13-8-6-5-7-9-13)16-14-10-11-15(20(25)26-3)21-18(14)22(12(2)23)19(16)24/h5-11H,4H2,1-3H3. The van der Waals surface area contributed by atoms with Gasteiger partial charge in [-0.05, 0) is 19.1 Å². The van der Waals surface area contributed by atoms with Crippen LogP contribution in [-0.4, -0.2) is 36.5 Å². The third-order valence-electron chi connectivity index (χ3n) is 4.03. The number of amides is 2. The highest BCUT2D eigenvalue weighted by atomic mass is 16.5. The number of carbonyl (C=O) groups excluding carboxylic acids is 3. The minimum atomic E-state index is -0.653. The molecular weight excluding hydrogens is 348 g/mol. The number of fused-ring (bicyclic) bond motifs is 1. The first-order valence-corrected chi connectivity index (χ1v) is 8.36. The number of nitrogens with zero attached hydrogens (tertiary/aromatic N) is 2. The number of benzene rings is 1. The Bertz CT molecular complexity index is 950. The van der Waals surface area contributed by atoms with E-state index in [0.29, 0.717) is 23.5 Å². The Kier molecular flexibility index (Phi) is 5.03. The van der Waals surface area contributed by atoms with Crippen LogP contribution in [0, 0.1) is 0 Å². The zero-order valence-corrected chi connectivity index (χ0v) is 15.2.